The van der Waals surface area contributed by atoms with Crippen molar-refractivity contribution in [1.82, 2.24) is 14.5 Å². The van der Waals surface area contributed by atoms with Crippen LogP contribution in [0.2, 0.25) is 0 Å². The standard InChI is InChI=1S/C21H25F3N4O5/c22-21(23,24)16-2-1-15(17(13-16)26-9-11-32-12-10-26)14-25-5-7-27(8-6-25)20(31)33-28-18(29)3-4-19(28)30/h1-4,13,29-30H,5-12,14H2. The number of morpholine rings is 1. The lowest BCUT2D eigenvalue weighted by atomic mass is 10.1. The fourth-order valence-electron chi connectivity index (χ4n) is 3.93. The number of alkyl halides is 3. The molecule has 1 aromatic heterocycles. The summed E-state index contributed by atoms with van der Waals surface area (Å²) < 4.78 is 45.8. The lowest BCUT2D eigenvalue weighted by molar-refractivity contribution is -0.137. The number of hydrogen-bond donors (Lipinski definition) is 2. The largest absolute Gasteiger partial charge is 0.492 e. The minimum absolute atomic E-state index is 0.329. The summed E-state index contributed by atoms with van der Waals surface area (Å²) in [7, 11) is 0. The Morgan fingerprint density at radius 1 is 0.970 bits per heavy atom. The average molecular weight is 470 g/mol. The number of benzene rings is 1. The molecule has 2 N–H and O–H groups in total. The molecule has 2 aliphatic heterocycles. The lowest BCUT2D eigenvalue weighted by Gasteiger charge is -2.36. The van der Waals surface area contributed by atoms with Crippen LogP contribution < -0.4 is 9.74 Å². The van der Waals surface area contributed by atoms with E-state index < -0.39 is 29.6 Å². The van der Waals surface area contributed by atoms with Crippen molar-refractivity contribution >= 4 is 11.8 Å². The quantitative estimate of drug-likeness (QED) is 0.708. The van der Waals surface area contributed by atoms with E-state index in [1.165, 1.54) is 29.2 Å². The summed E-state index contributed by atoms with van der Waals surface area (Å²) in [5.74, 6) is -0.810. The monoisotopic (exact) mass is 470 g/mol. The first-order valence-electron chi connectivity index (χ1n) is 10.5. The topological polar surface area (TPSA) is 90.6 Å². The molecule has 12 heteroatoms. The van der Waals surface area contributed by atoms with Gasteiger partial charge in [0, 0.05) is 63.6 Å². The molecule has 0 radical (unpaired) electrons. The van der Waals surface area contributed by atoms with Crippen LogP contribution in [0.15, 0.2) is 30.3 Å². The van der Waals surface area contributed by atoms with Gasteiger partial charge in [-0.15, -0.1) is 4.73 Å². The van der Waals surface area contributed by atoms with Crippen molar-refractivity contribution in [1.29, 1.82) is 0 Å². The summed E-state index contributed by atoms with van der Waals surface area (Å²) in [6.07, 6.45) is -5.14. The number of carbonyl (C=O) groups excluding carboxylic acids is 1. The van der Waals surface area contributed by atoms with Gasteiger partial charge in [-0.2, -0.15) is 13.2 Å². The number of piperazine rings is 1. The summed E-state index contributed by atoms with van der Waals surface area (Å²) in [5, 5.41) is 19.2. The van der Waals surface area contributed by atoms with Gasteiger partial charge < -0.3 is 29.6 Å². The molecule has 2 aromatic rings. The van der Waals surface area contributed by atoms with Crippen molar-refractivity contribution in [2.45, 2.75) is 12.7 Å². The second kappa shape index (κ2) is 9.40. The van der Waals surface area contributed by atoms with Gasteiger partial charge in [-0.3, -0.25) is 4.90 Å². The Hall–Kier alpha value is -3.12. The van der Waals surface area contributed by atoms with Crippen molar-refractivity contribution in [3.8, 4) is 11.8 Å². The average Bonchev–Trinajstić information content (AvgIpc) is 3.11. The summed E-state index contributed by atoms with van der Waals surface area (Å²) in [6, 6.07) is 6.20. The minimum atomic E-state index is -4.42. The van der Waals surface area contributed by atoms with Gasteiger partial charge in [0.15, 0.2) is 0 Å². The number of ether oxygens (including phenoxy) is 1. The Kier molecular flexibility index (Phi) is 6.56. The fraction of sp³-hybridized carbons (Fsp3) is 0.476. The smallest absolute Gasteiger partial charge is 0.434 e. The first kappa shape index (κ1) is 23.1. The van der Waals surface area contributed by atoms with Gasteiger partial charge in [0.05, 0.1) is 18.8 Å². The van der Waals surface area contributed by atoms with Gasteiger partial charge in [-0.1, -0.05) is 6.07 Å². The van der Waals surface area contributed by atoms with Crippen LogP contribution in [0.3, 0.4) is 0 Å². The molecule has 9 nitrogen and oxygen atoms in total. The lowest BCUT2D eigenvalue weighted by Crippen LogP contribution is -2.50. The highest BCUT2D eigenvalue weighted by atomic mass is 19.4. The summed E-state index contributed by atoms with van der Waals surface area (Å²) in [5.41, 5.74) is 0.647. The van der Waals surface area contributed by atoms with Gasteiger partial charge in [-0.25, -0.2) is 4.79 Å². The van der Waals surface area contributed by atoms with Gasteiger partial charge in [-0.05, 0) is 17.7 Å². The molecule has 180 valence electrons. The first-order valence-corrected chi connectivity index (χ1v) is 10.5. The van der Waals surface area contributed by atoms with E-state index >= 15 is 0 Å². The van der Waals surface area contributed by atoms with E-state index in [4.69, 9.17) is 9.57 Å². The second-order valence-electron chi connectivity index (χ2n) is 7.91. The summed E-state index contributed by atoms with van der Waals surface area (Å²) in [6.45, 7) is 4.04. The van der Waals surface area contributed by atoms with Crippen LogP contribution in [0.25, 0.3) is 0 Å². The van der Waals surface area contributed by atoms with Crippen molar-refractivity contribution in [3.63, 3.8) is 0 Å². The molecule has 0 saturated carbocycles. The van der Waals surface area contributed by atoms with Crippen LogP contribution in [0, 0.1) is 0 Å². The van der Waals surface area contributed by atoms with Gasteiger partial charge >= 0.3 is 12.3 Å². The fourth-order valence-corrected chi connectivity index (χ4v) is 3.93. The van der Waals surface area contributed by atoms with Gasteiger partial charge in [0.1, 0.15) is 0 Å². The third-order valence-corrected chi connectivity index (χ3v) is 5.76. The number of halogens is 3. The highest BCUT2D eigenvalue weighted by molar-refractivity contribution is 5.68. The molecule has 0 atom stereocenters. The Morgan fingerprint density at radius 2 is 1.61 bits per heavy atom. The maximum Gasteiger partial charge on any atom is 0.434 e. The Balaban J connectivity index is 1.41. The molecular formula is C21H25F3N4O5. The zero-order valence-electron chi connectivity index (χ0n) is 17.8. The van der Waals surface area contributed by atoms with Crippen molar-refractivity contribution in [3.05, 3.63) is 41.5 Å². The van der Waals surface area contributed by atoms with Crippen LogP contribution in [0.4, 0.5) is 23.7 Å². The Labute approximate surface area is 188 Å². The number of hydrogen-bond acceptors (Lipinski definition) is 7. The molecule has 2 aliphatic rings. The molecule has 1 aromatic carbocycles. The van der Waals surface area contributed by atoms with E-state index in [2.05, 4.69) is 4.90 Å². The van der Waals surface area contributed by atoms with Crippen molar-refractivity contribution in [2.75, 3.05) is 57.4 Å². The number of anilines is 1. The highest BCUT2D eigenvalue weighted by Crippen LogP contribution is 2.34. The van der Waals surface area contributed by atoms with E-state index in [-0.39, 0.29) is 0 Å². The summed E-state index contributed by atoms with van der Waals surface area (Å²) >= 11 is 0. The van der Waals surface area contributed by atoms with Crippen LogP contribution in [0.1, 0.15) is 11.1 Å². The maximum atomic E-state index is 13.3. The minimum Gasteiger partial charge on any atom is -0.492 e. The molecule has 4 rings (SSSR count). The highest BCUT2D eigenvalue weighted by Gasteiger charge is 2.32. The number of carbonyl (C=O) groups is 1. The molecule has 0 unspecified atom stereocenters. The number of rotatable bonds is 4. The SMILES string of the molecule is O=C(On1c(O)ccc1O)N1CCN(Cc2ccc(C(F)(F)F)cc2N2CCOCC2)CC1. The zero-order chi connectivity index (χ0) is 23.6. The van der Waals surface area contributed by atoms with Crippen molar-refractivity contribution < 1.29 is 37.8 Å². The maximum absolute atomic E-state index is 13.3. The van der Waals surface area contributed by atoms with Crippen LogP contribution in [0.5, 0.6) is 11.8 Å². The third kappa shape index (κ3) is 5.28. The van der Waals surface area contributed by atoms with E-state index in [1.807, 2.05) is 4.90 Å². The molecular weight excluding hydrogens is 445 g/mol. The third-order valence-electron chi connectivity index (χ3n) is 5.76. The van der Waals surface area contributed by atoms with E-state index in [0.29, 0.717) is 69.4 Å². The zero-order valence-corrected chi connectivity index (χ0v) is 17.8. The van der Waals surface area contributed by atoms with E-state index in [0.717, 1.165) is 11.6 Å². The molecule has 33 heavy (non-hydrogen) atoms. The molecule has 0 bridgehead atoms. The predicted molar refractivity (Wildman–Crippen MR) is 111 cm³/mol. The molecule has 0 spiro atoms. The Morgan fingerprint density at radius 3 is 2.21 bits per heavy atom. The Bertz CT molecular complexity index is 963. The van der Waals surface area contributed by atoms with Crippen LogP contribution >= 0.6 is 0 Å². The molecule has 1 amide bonds. The number of aromatic nitrogens is 1. The second-order valence-corrected chi connectivity index (χ2v) is 7.91. The van der Waals surface area contributed by atoms with E-state index in [9.17, 15) is 28.2 Å². The van der Waals surface area contributed by atoms with Crippen LogP contribution in [-0.2, 0) is 17.5 Å². The number of amides is 1. The van der Waals surface area contributed by atoms with Crippen molar-refractivity contribution in [2.24, 2.45) is 0 Å². The summed E-state index contributed by atoms with van der Waals surface area (Å²) in [4.78, 5) is 22.8. The molecule has 2 fully saturated rings. The van der Waals surface area contributed by atoms with Crippen LogP contribution in [-0.4, -0.2) is 83.3 Å². The predicted octanol–water partition coefficient (Wildman–Crippen LogP) is 2.12. The molecule has 0 aliphatic carbocycles. The molecule has 2 saturated heterocycles. The van der Waals surface area contributed by atoms with Gasteiger partial charge in [0.2, 0.25) is 11.8 Å². The number of aromatic hydroxyl groups is 2. The van der Waals surface area contributed by atoms with Gasteiger partial charge in [0.25, 0.3) is 0 Å². The normalized spacial score (nSPS) is 17.9. The molecule has 3 heterocycles. The van der Waals surface area contributed by atoms with E-state index in [1.54, 1.807) is 0 Å². The number of nitrogens with zero attached hydrogens (tertiary/aromatic N) is 4. The first-order chi connectivity index (χ1) is 15.7.